The maximum absolute atomic E-state index is 7.52. The Bertz CT molecular complexity index is 1450. The van der Waals surface area contributed by atoms with E-state index in [1.54, 1.807) is 6.20 Å². The van der Waals surface area contributed by atoms with Crippen molar-refractivity contribution >= 4 is 41.2 Å². The monoisotopic (exact) mass is 567 g/mol. The molecule has 0 unspecified atom stereocenters. The van der Waals surface area contributed by atoms with Gasteiger partial charge in [0, 0.05) is 43.4 Å². The van der Waals surface area contributed by atoms with Gasteiger partial charge in [0.25, 0.3) is 8.32 Å². The third-order valence-electron chi connectivity index (χ3n) is 8.78. The lowest BCUT2D eigenvalue weighted by Crippen LogP contribution is -2.69. The maximum atomic E-state index is 7.52. The molecule has 2 fully saturated rings. The number of piperazine rings is 1. The highest BCUT2D eigenvalue weighted by atomic mass is 28.4. The Balaban J connectivity index is 1.25. The molecule has 3 aromatic carbocycles. The Morgan fingerprint density at radius 1 is 0.902 bits per heavy atom. The molecule has 1 aromatic heterocycles. The minimum Gasteiger partial charge on any atom is -0.400 e. The van der Waals surface area contributed by atoms with E-state index < -0.39 is 8.32 Å². The number of aromatic nitrogens is 2. The zero-order valence-electron chi connectivity index (χ0n) is 24.6. The van der Waals surface area contributed by atoms with E-state index in [0.717, 1.165) is 37.1 Å². The van der Waals surface area contributed by atoms with Crippen LogP contribution in [0.5, 0.6) is 0 Å². The summed E-state index contributed by atoms with van der Waals surface area (Å²) >= 11 is 0. The number of anilines is 2. The predicted octanol–water partition coefficient (Wildman–Crippen LogP) is 3.99. The molecule has 0 amide bonds. The molecule has 2 saturated heterocycles. The van der Waals surface area contributed by atoms with Crippen LogP contribution in [0.25, 0.3) is 10.9 Å². The third-order valence-corrected chi connectivity index (χ3v) is 13.8. The lowest BCUT2D eigenvalue weighted by atomic mass is 10.1. The third kappa shape index (κ3) is 5.25. The largest absolute Gasteiger partial charge is 0.400 e. The lowest BCUT2D eigenvalue weighted by molar-refractivity contribution is 0.0883. The van der Waals surface area contributed by atoms with Gasteiger partial charge in [-0.15, -0.1) is 0 Å². The Hall–Kier alpha value is -3.30. The van der Waals surface area contributed by atoms with Crippen molar-refractivity contribution in [3.05, 3.63) is 84.6 Å². The van der Waals surface area contributed by atoms with Gasteiger partial charge in [0.15, 0.2) is 0 Å². The molecule has 41 heavy (non-hydrogen) atoms. The molecule has 2 atom stereocenters. The van der Waals surface area contributed by atoms with Gasteiger partial charge in [0.2, 0.25) is 5.95 Å². The van der Waals surface area contributed by atoms with Crippen molar-refractivity contribution in [1.82, 2.24) is 14.9 Å². The topological polar surface area (TPSA) is 76.7 Å². The summed E-state index contributed by atoms with van der Waals surface area (Å²) in [6.45, 7) is 14.3. The Labute approximate surface area is 244 Å². The summed E-state index contributed by atoms with van der Waals surface area (Å²) in [6, 6.07) is 26.4. The highest BCUT2D eigenvalue weighted by Crippen LogP contribution is 2.39. The summed E-state index contributed by atoms with van der Waals surface area (Å²) < 4.78 is 13.7. The molecule has 214 valence electrons. The van der Waals surface area contributed by atoms with Crippen LogP contribution < -0.4 is 21.0 Å². The molecule has 0 bridgehead atoms. The highest BCUT2D eigenvalue weighted by Gasteiger charge is 2.53. The molecular formula is C33H41N5O2Si. The van der Waals surface area contributed by atoms with Crippen LogP contribution in [0.1, 0.15) is 26.3 Å². The van der Waals surface area contributed by atoms with E-state index in [-0.39, 0.29) is 17.2 Å². The first kappa shape index (κ1) is 27.8. The van der Waals surface area contributed by atoms with E-state index >= 15 is 0 Å². The van der Waals surface area contributed by atoms with Gasteiger partial charge < -0.3 is 19.8 Å². The van der Waals surface area contributed by atoms with Crippen LogP contribution in [0.4, 0.5) is 11.6 Å². The minimum absolute atomic E-state index is 0.00920. The van der Waals surface area contributed by atoms with Gasteiger partial charge in [-0.2, -0.15) is 0 Å². The molecule has 4 aromatic rings. The van der Waals surface area contributed by atoms with Crippen LogP contribution >= 0.6 is 0 Å². The number of ether oxygens (including phenoxy) is 1. The van der Waals surface area contributed by atoms with Crippen molar-refractivity contribution in [3.8, 4) is 0 Å². The van der Waals surface area contributed by atoms with Crippen molar-refractivity contribution < 1.29 is 9.16 Å². The Morgan fingerprint density at radius 2 is 1.54 bits per heavy atom. The fourth-order valence-corrected chi connectivity index (χ4v) is 11.4. The van der Waals surface area contributed by atoms with Gasteiger partial charge in [-0.1, -0.05) is 81.4 Å². The number of hydrogen-bond donors (Lipinski definition) is 1. The SMILES string of the molecule is Cc1cc2cnc(N)nc2cc1N1CCN([C@H]2COC[C@H]2O[Si](c2ccccc2)(c2ccccc2)C(C)(C)C)CC1. The smallest absolute Gasteiger partial charge is 0.261 e. The summed E-state index contributed by atoms with van der Waals surface area (Å²) in [5, 5.41) is 3.57. The number of nitrogen functional groups attached to an aromatic ring is 1. The summed E-state index contributed by atoms with van der Waals surface area (Å²) in [6.07, 6.45) is 1.81. The van der Waals surface area contributed by atoms with Gasteiger partial charge in [-0.3, -0.25) is 4.90 Å². The molecule has 0 radical (unpaired) electrons. The number of hydrogen-bond acceptors (Lipinski definition) is 7. The van der Waals surface area contributed by atoms with Crippen molar-refractivity contribution in [1.29, 1.82) is 0 Å². The summed E-state index contributed by atoms with van der Waals surface area (Å²) in [7, 11) is -2.66. The summed E-state index contributed by atoms with van der Waals surface area (Å²) in [4.78, 5) is 13.7. The quantitative estimate of drug-likeness (QED) is 0.353. The van der Waals surface area contributed by atoms with Gasteiger partial charge >= 0.3 is 0 Å². The van der Waals surface area contributed by atoms with Crippen molar-refractivity contribution in [2.75, 3.05) is 50.0 Å². The molecule has 2 aliphatic heterocycles. The van der Waals surface area contributed by atoms with E-state index in [1.165, 1.54) is 21.6 Å². The Morgan fingerprint density at radius 3 is 2.15 bits per heavy atom. The predicted molar refractivity (Wildman–Crippen MR) is 170 cm³/mol. The molecular weight excluding hydrogens is 526 g/mol. The molecule has 7 nitrogen and oxygen atoms in total. The fourth-order valence-electron chi connectivity index (χ4n) is 6.73. The van der Waals surface area contributed by atoms with Crippen LogP contribution in [0.15, 0.2) is 79.0 Å². The van der Waals surface area contributed by atoms with E-state index in [0.29, 0.717) is 19.2 Å². The van der Waals surface area contributed by atoms with Crippen molar-refractivity contribution in [2.24, 2.45) is 0 Å². The first-order chi connectivity index (χ1) is 19.8. The second-order valence-corrected chi connectivity index (χ2v) is 16.6. The van der Waals surface area contributed by atoms with E-state index in [1.807, 2.05) is 0 Å². The van der Waals surface area contributed by atoms with Gasteiger partial charge in [0.1, 0.15) is 0 Å². The molecule has 0 aliphatic carbocycles. The first-order valence-electron chi connectivity index (χ1n) is 14.6. The number of rotatable bonds is 6. The van der Waals surface area contributed by atoms with E-state index in [2.05, 4.69) is 120 Å². The van der Waals surface area contributed by atoms with Crippen LogP contribution in [0, 0.1) is 6.92 Å². The first-order valence-corrected chi connectivity index (χ1v) is 16.6. The zero-order valence-corrected chi connectivity index (χ0v) is 25.6. The standard InChI is InChI=1S/C33H41N5O2Si/c1-24-19-25-21-35-32(34)36-28(25)20-29(24)37-15-17-38(18-16-37)30-22-39-23-31(30)40-41(33(2,3)4,26-11-7-5-8-12-26)27-13-9-6-10-14-27/h5-14,19-21,30-31H,15-18,22-23H2,1-4H3,(H2,34,35,36)/t30-,31+/m0/s1. The van der Waals surface area contributed by atoms with E-state index in [4.69, 9.17) is 14.9 Å². The number of fused-ring (bicyclic) bond motifs is 1. The second-order valence-electron chi connectivity index (χ2n) is 12.4. The molecule has 6 rings (SSSR count). The summed E-state index contributed by atoms with van der Waals surface area (Å²) in [5.74, 6) is 0.310. The molecule has 3 heterocycles. The van der Waals surface area contributed by atoms with Crippen LogP contribution in [-0.4, -0.2) is 74.7 Å². The maximum Gasteiger partial charge on any atom is 0.261 e. The average Bonchev–Trinajstić information content (AvgIpc) is 3.44. The molecule has 8 heteroatoms. The molecule has 0 spiro atoms. The van der Waals surface area contributed by atoms with Gasteiger partial charge in [0.05, 0.1) is 30.9 Å². The average molecular weight is 568 g/mol. The van der Waals surface area contributed by atoms with Crippen LogP contribution in [0.2, 0.25) is 5.04 Å². The van der Waals surface area contributed by atoms with Crippen LogP contribution in [0.3, 0.4) is 0 Å². The molecule has 2 N–H and O–H groups in total. The van der Waals surface area contributed by atoms with E-state index in [9.17, 15) is 0 Å². The minimum atomic E-state index is -2.66. The fraction of sp³-hybridized carbons (Fsp3) is 0.394. The molecule has 2 aliphatic rings. The highest BCUT2D eigenvalue weighted by molar-refractivity contribution is 6.99. The van der Waals surface area contributed by atoms with Crippen molar-refractivity contribution in [2.45, 2.75) is 44.9 Å². The second kappa shape index (κ2) is 11.2. The number of nitrogens with zero attached hydrogens (tertiary/aromatic N) is 4. The lowest BCUT2D eigenvalue weighted by Gasteiger charge is -2.47. The number of aryl methyl sites for hydroxylation is 1. The summed E-state index contributed by atoms with van der Waals surface area (Å²) in [5.41, 5.74) is 9.22. The normalized spacial score (nSPS) is 20.5. The number of benzene rings is 3. The van der Waals surface area contributed by atoms with Gasteiger partial charge in [-0.25, -0.2) is 9.97 Å². The van der Waals surface area contributed by atoms with Crippen LogP contribution in [-0.2, 0) is 9.16 Å². The number of nitrogens with two attached hydrogens (primary N) is 1. The van der Waals surface area contributed by atoms with Crippen molar-refractivity contribution in [3.63, 3.8) is 0 Å². The Kier molecular flexibility index (Phi) is 7.59. The zero-order chi connectivity index (χ0) is 28.6. The molecule has 0 saturated carbocycles. The van der Waals surface area contributed by atoms with Gasteiger partial charge in [-0.05, 0) is 40.0 Å².